The van der Waals surface area contributed by atoms with Gasteiger partial charge in [-0.05, 0) is 25.0 Å². The van der Waals surface area contributed by atoms with Crippen molar-refractivity contribution in [3.8, 4) is 0 Å². The summed E-state index contributed by atoms with van der Waals surface area (Å²) in [5.74, 6) is -0.483. The van der Waals surface area contributed by atoms with Gasteiger partial charge in [-0.15, -0.1) is 0 Å². The summed E-state index contributed by atoms with van der Waals surface area (Å²) in [5, 5.41) is 5.81. The SMILES string of the molecule is C[S@@](=O)c1ccccc1Nc1cc(NC(=O)C2CC2)nc2nc(C(F)F)[nH]c12. The van der Waals surface area contributed by atoms with Crippen LogP contribution < -0.4 is 10.6 Å². The summed E-state index contributed by atoms with van der Waals surface area (Å²) in [7, 11) is -1.26. The highest BCUT2D eigenvalue weighted by Crippen LogP contribution is 2.33. The lowest BCUT2D eigenvalue weighted by Gasteiger charge is -2.12. The molecule has 0 bridgehead atoms. The molecule has 4 rings (SSSR count). The Morgan fingerprint density at radius 1 is 1.25 bits per heavy atom. The minimum absolute atomic E-state index is 0.0343. The van der Waals surface area contributed by atoms with Crippen molar-refractivity contribution >= 4 is 45.1 Å². The number of rotatable bonds is 6. The second kappa shape index (κ2) is 7.27. The number of nitrogens with one attached hydrogen (secondary N) is 3. The summed E-state index contributed by atoms with van der Waals surface area (Å²) in [6, 6.07) is 8.52. The van der Waals surface area contributed by atoms with E-state index in [0.717, 1.165) is 12.8 Å². The molecule has 3 aromatic rings. The van der Waals surface area contributed by atoms with E-state index in [-0.39, 0.29) is 28.8 Å². The summed E-state index contributed by atoms with van der Waals surface area (Å²) in [4.78, 5) is 23.2. The number of aromatic nitrogens is 3. The first-order valence-electron chi connectivity index (χ1n) is 8.61. The van der Waals surface area contributed by atoms with Crippen molar-refractivity contribution < 1.29 is 17.8 Å². The zero-order valence-electron chi connectivity index (χ0n) is 14.8. The predicted octanol–water partition coefficient (Wildman–Crippen LogP) is 3.73. The number of amides is 1. The third-order valence-electron chi connectivity index (χ3n) is 4.35. The summed E-state index contributed by atoms with van der Waals surface area (Å²) < 4.78 is 38.2. The number of benzene rings is 1. The highest BCUT2D eigenvalue weighted by atomic mass is 32.2. The van der Waals surface area contributed by atoms with Crippen LogP contribution in [0.15, 0.2) is 35.2 Å². The lowest BCUT2D eigenvalue weighted by atomic mass is 10.2. The fourth-order valence-corrected chi connectivity index (χ4v) is 3.51. The highest BCUT2D eigenvalue weighted by Gasteiger charge is 2.30. The molecule has 1 aliphatic carbocycles. The van der Waals surface area contributed by atoms with Crippen molar-refractivity contribution in [3.63, 3.8) is 0 Å². The maximum absolute atomic E-state index is 13.1. The third-order valence-corrected chi connectivity index (χ3v) is 5.33. The molecule has 0 radical (unpaired) electrons. The number of carbonyl (C=O) groups is 1. The van der Waals surface area contributed by atoms with Gasteiger partial charge in [-0.1, -0.05) is 12.1 Å². The van der Waals surface area contributed by atoms with Crippen LogP contribution in [0.5, 0.6) is 0 Å². The number of aromatic amines is 1. The van der Waals surface area contributed by atoms with Gasteiger partial charge in [-0.2, -0.15) is 0 Å². The molecule has 146 valence electrons. The zero-order chi connectivity index (χ0) is 19.8. The molecular weight excluding hydrogens is 388 g/mol. The molecule has 0 spiro atoms. The Bertz CT molecular complexity index is 1080. The molecule has 1 saturated carbocycles. The van der Waals surface area contributed by atoms with E-state index in [1.807, 2.05) is 0 Å². The molecule has 10 heteroatoms. The van der Waals surface area contributed by atoms with Gasteiger partial charge in [0, 0.05) is 18.2 Å². The van der Waals surface area contributed by atoms with E-state index >= 15 is 0 Å². The molecule has 28 heavy (non-hydrogen) atoms. The molecule has 1 fully saturated rings. The molecule has 1 aromatic carbocycles. The number of pyridine rings is 1. The molecule has 0 aliphatic heterocycles. The zero-order valence-corrected chi connectivity index (χ0v) is 15.6. The van der Waals surface area contributed by atoms with Crippen molar-refractivity contribution in [3.05, 3.63) is 36.2 Å². The molecule has 1 amide bonds. The van der Waals surface area contributed by atoms with Crippen LogP contribution in [0.4, 0.5) is 26.0 Å². The van der Waals surface area contributed by atoms with Crippen molar-refractivity contribution in [2.75, 3.05) is 16.9 Å². The summed E-state index contributed by atoms with van der Waals surface area (Å²) in [5.41, 5.74) is 1.29. The Morgan fingerprint density at radius 2 is 2.00 bits per heavy atom. The van der Waals surface area contributed by atoms with E-state index in [9.17, 15) is 17.8 Å². The number of anilines is 3. The van der Waals surface area contributed by atoms with Crippen LogP contribution >= 0.6 is 0 Å². The second-order valence-corrected chi connectivity index (χ2v) is 7.86. The quantitative estimate of drug-likeness (QED) is 0.580. The molecule has 1 atom stereocenters. The summed E-state index contributed by atoms with van der Waals surface area (Å²) in [6.45, 7) is 0. The maximum atomic E-state index is 13.1. The molecule has 2 aromatic heterocycles. The highest BCUT2D eigenvalue weighted by molar-refractivity contribution is 7.84. The monoisotopic (exact) mass is 405 g/mol. The van der Waals surface area contributed by atoms with Gasteiger partial charge < -0.3 is 15.6 Å². The number of halogens is 2. The molecule has 1 aliphatic rings. The Balaban J connectivity index is 1.78. The van der Waals surface area contributed by atoms with E-state index in [2.05, 4.69) is 25.6 Å². The van der Waals surface area contributed by atoms with E-state index < -0.39 is 23.0 Å². The van der Waals surface area contributed by atoms with Gasteiger partial charge in [0.15, 0.2) is 11.5 Å². The first-order chi connectivity index (χ1) is 13.4. The Labute approximate surface area is 161 Å². The molecule has 7 nitrogen and oxygen atoms in total. The van der Waals surface area contributed by atoms with Crippen molar-refractivity contribution in [2.24, 2.45) is 5.92 Å². The number of hydrogen-bond acceptors (Lipinski definition) is 5. The smallest absolute Gasteiger partial charge is 0.295 e. The van der Waals surface area contributed by atoms with Crippen molar-refractivity contribution in [1.82, 2.24) is 15.0 Å². The molecule has 0 unspecified atom stereocenters. The topological polar surface area (TPSA) is 99.8 Å². The van der Waals surface area contributed by atoms with Gasteiger partial charge in [-0.3, -0.25) is 9.00 Å². The summed E-state index contributed by atoms with van der Waals surface area (Å²) >= 11 is 0. The van der Waals surface area contributed by atoms with Crippen LogP contribution in [0.1, 0.15) is 25.1 Å². The van der Waals surface area contributed by atoms with E-state index in [1.54, 1.807) is 36.6 Å². The van der Waals surface area contributed by atoms with Gasteiger partial charge in [-0.25, -0.2) is 18.7 Å². The molecule has 3 N–H and O–H groups in total. The third kappa shape index (κ3) is 3.72. The number of alkyl halides is 2. The Hall–Kier alpha value is -2.88. The molecule has 2 heterocycles. The van der Waals surface area contributed by atoms with Crippen LogP contribution in [0, 0.1) is 5.92 Å². The predicted molar refractivity (Wildman–Crippen MR) is 102 cm³/mol. The summed E-state index contributed by atoms with van der Waals surface area (Å²) in [6.07, 6.45) is 0.413. The van der Waals surface area contributed by atoms with E-state index in [1.165, 1.54) is 0 Å². The Kier molecular flexibility index (Phi) is 4.80. The van der Waals surface area contributed by atoms with E-state index in [4.69, 9.17) is 0 Å². The van der Waals surface area contributed by atoms with E-state index in [0.29, 0.717) is 16.3 Å². The number of carbonyl (C=O) groups excluding carboxylic acids is 1. The first kappa shape index (κ1) is 18.5. The molecule has 0 saturated heterocycles. The lowest BCUT2D eigenvalue weighted by Crippen LogP contribution is -2.14. The Morgan fingerprint density at radius 3 is 2.68 bits per heavy atom. The van der Waals surface area contributed by atoms with Gasteiger partial charge in [0.2, 0.25) is 5.91 Å². The van der Waals surface area contributed by atoms with Crippen molar-refractivity contribution in [2.45, 2.75) is 24.2 Å². The second-order valence-electron chi connectivity index (χ2n) is 6.52. The number of para-hydroxylation sites is 1. The average Bonchev–Trinajstić information content (AvgIpc) is 3.41. The van der Waals surface area contributed by atoms with Gasteiger partial charge in [0.05, 0.1) is 27.1 Å². The first-order valence-corrected chi connectivity index (χ1v) is 10.2. The molecular formula is C18H17F2N5O2S. The largest absolute Gasteiger partial charge is 0.353 e. The van der Waals surface area contributed by atoms with Crippen molar-refractivity contribution in [1.29, 1.82) is 0 Å². The van der Waals surface area contributed by atoms with Crippen LogP contribution in [-0.2, 0) is 15.6 Å². The normalized spacial score (nSPS) is 15.0. The van der Waals surface area contributed by atoms with Crippen LogP contribution in [0.3, 0.4) is 0 Å². The van der Waals surface area contributed by atoms with Crippen LogP contribution in [-0.4, -0.2) is 31.3 Å². The minimum atomic E-state index is -2.79. The standard InChI is InChI=1S/C18H17F2N5O2S/c1-28(27)12-5-3-2-4-10(12)21-11-8-13(23-18(26)9-6-7-9)22-16-14(11)24-17(25-16)15(19)20/h2-5,8-9,15H,6-7H2,1H3,(H3,21,22,23,24,25,26)/t28-/m1/s1. The minimum Gasteiger partial charge on any atom is -0.353 e. The average molecular weight is 405 g/mol. The lowest BCUT2D eigenvalue weighted by molar-refractivity contribution is -0.117. The van der Waals surface area contributed by atoms with Gasteiger partial charge in [0.25, 0.3) is 6.43 Å². The number of imidazole rings is 1. The fraction of sp³-hybridized carbons (Fsp3) is 0.278. The number of hydrogen-bond donors (Lipinski definition) is 3. The van der Waals surface area contributed by atoms with Crippen LogP contribution in [0.2, 0.25) is 0 Å². The van der Waals surface area contributed by atoms with Crippen LogP contribution in [0.25, 0.3) is 11.2 Å². The number of fused-ring (bicyclic) bond motifs is 1. The number of nitrogens with zero attached hydrogens (tertiary/aromatic N) is 2. The van der Waals surface area contributed by atoms with Gasteiger partial charge in [0.1, 0.15) is 11.3 Å². The fourth-order valence-electron chi connectivity index (χ4n) is 2.81. The number of H-pyrrole nitrogens is 1. The maximum Gasteiger partial charge on any atom is 0.295 e. The van der Waals surface area contributed by atoms with Gasteiger partial charge >= 0.3 is 0 Å².